The molecule has 9 nitrogen and oxygen atoms in total. The molecule has 0 saturated carbocycles. The number of hydrogen-bond donors (Lipinski definition) is 3. The topological polar surface area (TPSA) is 132 Å². The lowest BCUT2D eigenvalue weighted by Gasteiger charge is -2.24. The minimum atomic E-state index is -0.109. The highest BCUT2D eigenvalue weighted by molar-refractivity contribution is 5.94. The Morgan fingerprint density at radius 2 is 2.00 bits per heavy atom. The number of rotatable bonds is 6. The van der Waals surface area contributed by atoms with E-state index >= 15 is 0 Å². The Balaban J connectivity index is 1.16. The van der Waals surface area contributed by atoms with Crippen LogP contribution in [0.5, 0.6) is 5.75 Å². The number of H-pyrrole nitrogens is 1. The number of hydrogen-bond acceptors (Lipinski definition) is 7. The summed E-state index contributed by atoms with van der Waals surface area (Å²) in [6, 6.07) is 19.1. The zero-order valence-corrected chi connectivity index (χ0v) is 20.0. The number of nitrogens with one attached hydrogen (secondary N) is 2. The predicted octanol–water partition coefficient (Wildman–Crippen LogP) is 3.69. The summed E-state index contributed by atoms with van der Waals surface area (Å²) in [6.45, 7) is 1.03. The maximum absolute atomic E-state index is 12.8. The van der Waals surface area contributed by atoms with Gasteiger partial charge in [-0.1, -0.05) is 12.1 Å². The maximum atomic E-state index is 12.8. The van der Waals surface area contributed by atoms with Gasteiger partial charge in [-0.15, -0.1) is 0 Å². The SMILES string of the molecule is Nc1nccc(-c2ccc3nc(C4COc5ccc(C(=O)NCCc6ccccn6)cc5C4)[nH]c3c2)n1. The normalized spacial score (nSPS) is 14.6. The fourth-order valence-corrected chi connectivity index (χ4v) is 4.58. The van der Waals surface area contributed by atoms with Gasteiger partial charge in [0, 0.05) is 42.2 Å². The summed E-state index contributed by atoms with van der Waals surface area (Å²) in [5.41, 5.74) is 11.8. The monoisotopic (exact) mass is 491 g/mol. The molecule has 3 aromatic heterocycles. The number of aromatic nitrogens is 5. The summed E-state index contributed by atoms with van der Waals surface area (Å²) in [5, 5.41) is 2.98. The van der Waals surface area contributed by atoms with Crippen LogP contribution in [0, 0.1) is 0 Å². The number of nitrogens with zero attached hydrogens (tertiary/aromatic N) is 4. The number of ether oxygens (including phenoxy) is 1. The first-order valence-corrected chi connectivity index (χ1v) is 12.1. The van der Waals surface area contributed by atoms with Gasteiger partial charge in [0.05, 0.1) is 29.3 Å². The van der Waals surface area contributed by atoms with E-state index in [1.807, 2.05) is 54.6 Å². The van der Waals surface area contributed by atoms with Crippen molar-refractivity contribution in [1.29, 1.82) is 0 Å². The average Bonchev–Trinajstić information content (AvgIpc) is 3.36. The van der Waals surface area contributed by atoms with Crippen LogP contribution in [0.2, 0.25) is 0 Å². The van der Waals surface area contributed by atoms with Crippen molar-refractivity contribution in [3.8, 4) is 17.0 Å². The Morgan fingerprint density at radius 1 is 1.05 bits per heavy atom. The Hall–Kier alpha value is -4.79. The number of carbonyl (C=O) groups is 1. The van der Waals surface area contributed by atoms with Crippen molar-refractivity contribution in [1.82, 2.24) is 30.2 Å². The summed E-state index contributed by atoms with van der Waals surface area (Å²) in [6.07, 6.45) is 4.80. The van der Waals surface area contributed by atoms with Gasteiger partial charge < -0.3 is 20.8 Å². The van der Waals surface area contributed by atoms with E-state index in [0.717, 1.165) is 51.5 Å². The van der Waals surface area contributed by atoms with Crippen LogP contribution in [0.1, 0.15) is 33.4 Å². The third kappa shape index (κ3) is 4.84. The van der Waals surface area contributed by atoms with E-state index in [9.17, 15) is 4.79 Å². The van der Waals surface area contributed by atoms with E-state index in [2.05, 4.69) is 25.3 Å². The predicted molar refractivity (Wildman–Crippen MR) is 140 cm³/mol. The van der Waals surface area contributed by atoms with Crippen molar-refractivity contribution in [3.05, 3.63) is 95.7 Å². The second-order valence-corrected chi connectivity index (χ2v) is 9.02. The Labute approximate surface area is 213 Å². The summed E-state index contributed by atoms with van der Waals surface area (Å²) in [4.78, 5) is 33.6. The Bertz CT molecular complexity index is 1580. The molecule has 2 aromatic carbocycles. The minimum absolute atomic E-state index is 0.0421. The molecule has 1 aliphatic rings. The highest BCUT2D eigenvalue weighted by Crippen LogP contribution is 2.33. The number of amides is 1. The largest absolute Gasteiger partial charge is 0.493 e. The minimum Gasteiger partial charge on any atom is -0.493 e. The van der Waals surface area contributed by atoms with E-state index in [1.54, 1.807) is 18.5 Å². The molecular weight excluding hydrogens is 466 g/mol. The van der Waals surface area contributed by atoms with Gasteiger partial charge in [0.25, 0.3) is 5.91 Å². The molecule has 4 heterocycles. The van der Waals surface area contributed by atoms with Gasteiger partial charge in [-0.05, 0) is 60.5 Å². The Morgan fingerprint density at radius 3 is 2.86 bits per heavy atom. The molecule has 0 radical (unpaired) electrons. The quantitative estimate of drug-likeness (QED) is 0.330. The number of fused-ring (bicyclic) bond motifs is 2. The fraction of sp³-hybridized carbons (Fsp3) is 0.179. The number of aromatic amines is 1. The third-order valence-electron chi connectivity index (χ3n) is 6.48. The second-order valence-electron chi connectivity index (χ2n) is 9.02. The molecule has 1 amide bonds. The van der Waals surface area contributed by atoms with Crippen molar-refractivity contribution in [2.24, 2.45) is 0 Å². The van der Waals surface area contributed by atoms with Gasteiger partial charge >= 0.3 is 0 Å². The molecule has 9 heteroatoms. The number of nitrogen functional groups attached to an aromatic ring is 1. The van der Waals surface area contributed by atoms with Crippen LogP contribution in [0.3, 0.4) is 0 Å². The molecule has 37 heavy (non-hydrogen) atoms. The highest BCUT2D eigenvalue weighted by atomic mass is 16.5. The van der Waals surface area contributed by atoms with E-state index in [-0.39, 0.29) is 17.8 Å². The molecule has 0 fully saturated rings. The van der Waals surface area contributed by atoms with Gasteiger partial charge in [-0.3, -0.25) is 9.78 Å². The molecule has 5 aromatic rings. The van der Waals surface area contributed by atoms with E-state index < -0.39 is 0 Å². The van der Waals surface area contributed by atoms with Gasteiger partial charge in [-0.25, -0.2) is 15.0 Å². The van der Waals surface area contributed by atoms with Crippen LogP contribution in [0.4, 0.5) is 5.95 Å². The number of anilines is 1. The first-order valence-electron chi connectivity index (χ1n) is 12.1. The van der Waals surface area contributed by atoms with Crippen molar-refractivity contribution in [2.75, 3.05) is 18.9 Å². The van der Waals surface area contributed by atoms with E-state index in [4.69, 9.17) is 15.5 Å². The van der Waals surface area contributed by atoms with E-state index in [0.29, 0.717) is 25.1 Å². The van der Waals surface area contributed by atoms with Crippen LogP contribution in [0.15, 0.2) is 73.1 Å². The van der Waals surface area contributed by atoms with Crippen LogP contribution in [-0.2, 0) is 12.8 Å². The molecule has 0 bridgehead atoms. The fourth-order valence-electron chi connectivity index (χ4n) is 4.58. The van der Waals surface area contributed by atoms with Crippen molar-refractivity contribution in [2.45, 2.75) is 18.8 Å². The highest BCUT2D eigenvalue weighted by Gasteiger charge is 2.25. The zero-order chi connectivity index (χ0) is 25.2. The van der Waals surface area contributed by atoms with Crippen molar-refractivity contribution < 1.29 is 9.53 Å². The van der Waals surface area contributed by atoms with Crippen molar-refractivity contribution in [3.63, 3.8) is 0 Å². The third-order valence-corrected chi connectivity index (χ3v) is 6.48. The lowest BCUT2D eigenvalue weighted by molar-refractivity contribution is 0.0954. The Kier molecular flexibility index (Phi) is 5.94. The van der Waals surface area contributed by atoms with Gasteiger partial charge in [-0.2, -0.15) is 0 Å². The smallest absolute Gasteiger partial charge is 0.251 e. The number of carbonyl (C=O) groups excluding carboxylic acids is 1. The van der Waals surface area contributed by atoms with Crippen LogP contribution < -0.4 is 15.8 Å². The van der Waals surface area contributed by atoms with Crippen LogP contribution in [-0.4, -0.2) is 44.0 Å². The van der Waals surface area contributed by atoms with Gasteiger partial charge in [0.15, 0.2) is 0 Å². The molecule has 184 valence electrons. The summed E-state index contributed by atoms with van der Waals surface area (Å²) in [7, 11) is 0. The summed E-state index contributed by atoms with van der Waals surface area (Å²) in [5.74, 6) is 1.83. The number of benzene rings is 2. The molecule has 6 rings (SSSR count). The molecule has 0 aliphatic carbocycles. The van der Waals surface area contributed by atoms with E-state index in [1.165, 1.54) is 0 Å². The zero-order valence-electron chi connectivity index (χ0n) is 20.0. The molecule has 0 spiro atoms. The van der Waals surface area contributed by atoms with Crippen molar-refractivity contribution >= 4 is 22.9 Å². The first-order chi connectivity index (χ1) is 18.1. The molecule has 1 unspecified atom stereocenters. The van der Waals surface area contributed by atoms with Crippen LogP contribution >= 0.6 is 0 Å². The number of pyridine rings is 1. The first kappa shape index (κ1) is 22.7. The lowest BCUT2D eigenvalue weighted by Crippen LogP contribution is -2.26. The maximum Gasteiger partial charge on any atom is 0.251 e. The van der Waals surface area contributed by atoms with Gasteiger partial charge in [0.2, 0.25) is 5.95 Å². The standard InChI is InChI=1S/C28H25N7O2/c29-28-32-12-9-22(35-28)17-4-6-23-24(15-17)34-26(33-23)20-14-19-13-18(5-7-25(19)37-16-20)27(36)31-11-8-21-3-1-2-10-30-21/h1-7,9-10,12-13,15,20H,8,11,14,16H2,(H,31,36)(H,33,34)(H2,29,32,35). The molecule has 1 atom stereocenters. The summed E-state index contributed by atoms with van der Waals surface area (Å²) >= 11 is 0. The molecule has 1 aliphatic heterocycles. The molecule has 4 N–H and O–H groups in total. The lowest BCUT2D eigenvalue weighted by atomic mass is 9.94. The van der Waals surface area contributed by atoms with Gasteiger partial charge in [0.1, 0.15) is 11.6 Å². The second kappa shape index (κ2) is 9.69. The number of nitrogens with two attached hydrogens (primary N) is 1. The molecule has 0 saturated heterocycles. The summed E-state index contributed by atoms with van der Waals surface area (Å²) < 4.78 is 6.04. The molecular formula is C28H25N7O2. The average molecular weight is 492 g/mol. The number of imidazole rings is 1. The van der Waals surface area contributed by atoms with Crippen LogP contribution in [0.25, 0.3) is 22.3 Å².